The summed E-state index contributed by atoms with van der Waals surface area (Å²) >= 11 is 0. The number of rotatable bonds is 4. The molecule has 2 heterocycles. The molecule has 9 nitrogen and oxygen atoms in total. The summed E-state index contributed by atoms with van der Waals surface area (Å²) in [6.07, 6.45) is 1.90. The molecule has 10 heteroatoms. The number of allylic oxidation sites excluding steroid dienone is 1. The standard InChI is InChI=1S/C18H30N4O5S/c1-12-8-20-14(10-21(12)17(24)27-18(2,3)4)15(7-19)22-9-13(6-16(22)23)11-28(5,25)26/h7,12-13,19-20H,6,8-11H2,1-5H3/b15-14+,19-7?. The molecule has 2 rings (SSSR count). The van der Waals surface area contributed by atoms with E-state index in [-0.39, 0.29) is 43.1 Å². The lowest BCUT2D eigenvalue weighted by molar-refractivity contribution is -0.125. The van der Waals surface area contributed by atoms with Gasteiger partial charge in [0.15, 0.2) is 0 Å². The van der Waals surface area contributed by atoms with E-state index in [0.717, 1.165) is 12.5 Å². The van der Waals surface area contributed by atoms with E-state index in [0.29, 0.717) is 17.9 Å². The van der Waals surface area contributed by atoms with Crippen molar-refractivity contribution < 1.29 is 22.7 Å². The van der Waals surface area contributed by atoms with Crippen LogP contribution in [0.1, 0.15) is 34.1 Å². The van der Waals surface area contributed by atoms with E-state index >= 15 is 0 Å². The molecule has 2 unspecified atom stereocenters. The van der Waals surface area contributed by atoms with E-state index in [1.54, 1.807) is 25.7 Å². The van der Waals surface area contributed by atoms with Crippen LogP contribution in [-0.4, -0.2) is 79.7 Å². The normalized spacial score (nSPS) is 25.4. The van der Waals surface area contributed by atoms with Gasteiger partial charge in [0.1, 0.15) is 15.4 Å². The Labute approximate surface area is 166 Å². The zero-order chi connectivity index (χ0) is 21.3. The van der Waals surface area contributed by atoms with Crippen molar-refractivity contribution in [2.45, 2.75) is 45.8 Å². The Hall–Kier alpha value is -2.10. The minimum atomic E-state index is -3.19. The number of sulfone groups is 1. The number of piperazine rings is 1. The van der Waals surface area contributed by atoms with Crippen LogP contribution in [0.2, 0.25) is 0 Å². The highest BCUT2D eigenvalue weighted by molar-refractivity contribution is 7.90. The predicted octanol–water partition coefficient (Wildman–Crippen LogP) is 0.969. The fourth-order valence-corrected chi connectivity index (χ4v) is 4.46. The van der Waals surface area contributed by atoms with Crippen molar-refractivity contribution >= 4 is 28.1 Å². The van der Waals surface area contributed by atoms with Crippen molar-refractivity contribution in [1.82, 2.24) is 15.1 Å². The van der Waals surface area contributed by atoms with E-state index in [9.17, 15) is 18.0 Å². The molecule has 2 atom stereocenters. The number of amides is 2. The third-order valence-electron chi connectivity index (χ3n) is 4.58. The van der Waals surface area contributed by atoms with Crippen molar-refractivity contribution in [1.29, 1.82) is 5.41 Å². The number of hydrogen-bond donors (Lipinski definition) is 2. The largest absolute Gasteiger partial charge is 0.444 e. The van der Waals surface area contributed by atoms with E-state index in [4.69, 9.17) is 10.1 Å². The summed E-state index contributed by atoms with van der Waals surface area (Å²) in [6, 6.07) is -0.113. The number of nitrogens with zero attached hydrogens (tertiary/aromatic N) is 2. The number of hydrogen-bond acceptors (Lipinski definition) is 7. The maximum absolute atomic E-state index is 12.5. The molecule has 0 aromatic rings. The highest BCUT2D eigenvalue weighted by Crippen LogP contribution is 2.25. The first kappa shape index (κ1) is 22.2. The Kier molecular flexibility index (Phi) is 6.42. The van der Waals surface area contributed by atoms with Crippen molar-refractivity contribution in [2.75, 3.05) is 31.6 Å². The lowest BCUT2D eigenvalue weighted by Gasteiger charge is -2.38. The summed E-state index contributed by atoms with van der Waals surface area (Å²) in [5.74, 6) is -0.587. The van der Waals surface area contributed by atoms with Gasteiger partial charge in [-0.25, -0.2) is 13.2 Å². The zero-order valence-electron chi connectivity index (χ0n) is 17.1. The number of nitrogens with one attached hydrogen (secondary N) is 2. The van der Waals surface area contributed by atoms with Gasteiger partial charge < -0.3 is 20.4 Å². The third-order valence-corrected chi connectivity index (χ3v) is 5.66. The topological polar surface area (TPSA) is 120 Å². The van der Waals surface area contributed by atoms with Crippen LogP contribution in [0.5, 0.6) is 0 Å². The molecule has 2 amide bonds. The van der Waals surface area contributed by atoms with E-state index in [1.165, 1.54) is 4.90 Å². The third kappa shape index (κ3) is 5.70. The minimum absolute atomic E-state index is 0.0651. The van der Waals surface area contributed by atoms with Crippen LogP contribution in [0.4, 0.5) is 4.79 Å². The Bertz CT molecular complexity index is 784. The smallest absolute Gasteiger partial charge is 0.410 e. The van der Waals surface area contributed by atoms with Gasteiger partial charge in [-0.1, -0.05) is 0 Å². The number of carbonyl (C=O) groups is 2. The van der Waals surface area contributed by atoms with E-state index < -0.39 is 21.5 Å². The molecule has 0 aromatic carbocycles. The van der Waals surface area contributed by atoms with Gasteiger partial charge in [-0.2, -0.15) is 0 Å². The van der Waals surface area contributed by atoms with E-state index in [1.807, 2.05) is 6.92 Å². The summed E-state index contributed by atoms with van der Waals surface area (Å²) in [5, 5.41) is 11.0. The number of carbonyl (C=O) groups excluding carboxylic acids is 2. The number of ether oxygens (including phenoxy) is 1. The lowest BCUT2D eigenvalue weighted by atomic mass is 10.1. The van der Waals surface area contributed by atoms with Crippen molar-refractivity contribution in [3.05, 3.63) is 11.4 Å². The predicted molar refractivity (Wildman–Crippen MR) is 106 cm³/mol. The molecule has 2 saturated heterocycles. The lowest BCUT2D eigenvalue weighted by Crippen LogP contribution is -2.53. The fourth-order valence-electron chi connectivity index (χ4n) is 3.38. The molecule has 2 fully saturated rings. The molecular weight excluding hydrogens is 384 g/mol. The first-order chi connectivity index (χ1) is 12.8. The molecule has 158 valence electrons. The molecule has 0 aliphatic carbocycles. The molecule has 2 aliphatic rings. The molecule has 0 bridgehead atoms. The van der Waals surface area contributed by atoms with Gasteiger partial charge in [-0.05, 0) is 33.6 Å². The van der Waals surface area contributed by atoms with Crippen molar-refractivity contribution in [2.24, 2.45) is 5.92 Å². The Morgan fingerprint density at radius 2 is 2.04 bits per heavy atom. The van der Waals surface area contributed by atoms with Gasteiger partial charge in [0.05, 0.1) is 23.7 Å². The molecule has 28 heavy (non-hydrogen) atoms. The summed E-state index contributed by atoms with van der Waals surface area (Å²) < 4.78 is 28.6. The SMILES string of the molecule is CC1CN/C(=C(\C=N)N2CC(CS(C)(=O)=O)CC2=O)CN1C(=O)OC(C)(C)C. The minimum Gasteiger partial charge on any atom is -0.444 e. The first-order valence-corrected chi connectivity index (χ1v) is 11.3. The molecule has 0 spiro atoms. The van der Waals surface area contributed by atoms with Gasteiger partial charge in [0.2, 0.25) is 5.91 Å². The van der Waals surface area contributed by atoms with Crippen LogP contribution in [0.25, 0.3) is 0 Å². The van der Waals surface area contributed by atoms with Crippen LogP contribution < -0.4 is 5.32 Å². The average Bonchev–Trinajstić information content (AvgIpc) is 2.86. The van der Waals surface area contributed by atoms with Gasteiger partial charge in [0, 0.05) is 38.0 Å². The van der Waals surface area contributed by atoms with Crippen LogP contribution in [0.3, 0.4) is 0 Å². The average molecular weight is 415 g/mol. The van der Waals surface area contributed by atoms with Gasteiger partial charge in [-0.15, -0.1) is 0 Å². The first-order valence-electron chi connectivity index (χ1n) is 9.26. The molecule has 2 N–H and O–H groups in total. The second-order valence-electron chi connectivity index (χ2n) is 8.51. The maximum Gasteiger partial charge on any atom is 0.410 e. The molecule has 0 aromatic heterocycles. The number of likely N-dealkylation sites (tertiary alicyclic amines) is 1. The highest BCUT2D eigenvalue weighted by atomic mass is 32.2. The second kappa shape index (κ2) is 8.10. The second-order valence-corrected chi connectivity index (χ2v) is 10.7. The summed E-state index contributed by atoms with van der Waals surface area (Å²) in [6.45, 7) is 8.15. The summed E-state index contributed by atoms with van der Waals surface area (Å²) in [4.78, 5) is 28.0. The molecule has 0 saturated carbocycles. The molecular formula is C18H30N4O5S. The van der Waals surface area contributed by atoms with Crippen LogP contribution in [0, 0.1) is 11.3 Å². The highest BCUT2D eigenvalue weighted by Gasteiger charge is 2.36. The molecule has 0 radical (unpaired) electrons. The van der Waals surface area contributed by atoms with Gasteiger partial charge in [0.25, 0.3) is 0 Å². The summed E-state index contributed by atoms with van der Waals surface area (Å²) in [5.41, 5.74) is 0.313. The van der Waals surface area contributed by atoms with E-state index in [2.05, 4.69) is 5.32 Å². The monoisotopic (exact) mass is 414 g/mol. The quantitative estimate of drug-likeness (QED) is 0.662. The Morgan fingerprint density at radius 1 is 1.39 bits per heavy atom. The Morgan fingerprint density at radius 3 is 2.57 bits per heavy atom. The van der Waals surface area contributed by atoms with Gasteiger partial charge >= 0.3 is 6.09 Å². The fraction of sp³-hybridized carbons (Fsp3) is 0.722. The van der Waals surface area contributed by atoms with Crippen LogP contribution >= 0.6 is 0 Å². The van der Waals surface area contributed by atoms with Crippen LogP contribution in [-0.2, 0) is 19.4 Å². The molecule has 2 aliphatic heterocycles. The van der Waals surface area contributed by atoms with Crippen molar-refractivity contribution in [3.8, 4) is 0 Å². The van der Waals surface area contributed by atoms with Crippen molar-refractivity contribution in [3.63, 3.8) is 0 Å². The van der Waals surface area contributed by atoms with Crippen LogP contribution in [0.15, 0.2) is 11.4 Å². The Balaban J connectivity index is 2.22. The maximum atomic E-state index is 12.5. The van der Waals surface area contributed by atoms with Gasteiger partial charge in [-0.3, -0.25) is 9.69 Å². The summed E-state index contributed by atoms with van der Waals surface area (Å²) in [7, 11) is -3.19. The zero-order valence-corrected chi connectivity index (χ0v) is 17.9.